The van der Waals surface area contributed by atoms with Crippen LogP contribution in [0.3, 0.4) is 0 Å². The molecule has 0 unspecified atom stereocenters. The molecule has 0 radical (unpaired) electrons. The molecule has 0 N–H and O–H groups in total. The van der Waals surface area contributed by atoms with Gasteiger partial charge >= 0.3 is 5.63 Å². The second-order valence-corrected chi connectivity index (χ2v) is 6.72. The average Bonchev–Trinajstić information content (AvgIpc) is 2.62. The minimum atomic E-state index is -0.372. The Bertz CT molecular complexity index is 1030. The van der Waals surface area contributed by atoms with Gasteiger partial charge in [0.2, 0.25) is 0 Å². The number of para-hydroxylation sites is 1. The van der Waals surface area contributed by atoms with Crippen molar-refractivity contribution in [2.45, 2.75) is 19.9 Å². The molecule has 0 aliphatic carbocycles. The Hall–Kier alpha value is -2.17. The van der Waals surface area contributed by atoms with Crippen LogP contribution in [-0.4, -0.2) is 6.73 Å². The summed E-state index contributed by atoms with van der Waals surface area (Å²) >= 11 is 12.7. The number of fused-ring (bicyclic) bond motifs is 3. The van der Waals surface area contributed by atoms with E-state index in [9.17, 15) is 4.79 Å². The van der Waals surface area contributed by atoms with Crippen molar-refractivity contribution >= 4 is 39.9 Å². The summed E-state index contributed by atoms with van der Waals surface area (Å²) in [5, 5.41) is 2.00. The monoisotopic (exact) mass is 375 g/mol. The average molecular weight is 376 g/mol. The Kier molecular flexibility index (Phi) is 4.10. The molecule has 128 valence electrons. The number of hydrogen-bond donors (Lipinski definition) is 0. The number of benzene rings is 2. The fourth-order valence-electron chi connectivity index (χ4n) is 3.21. The van der Waals surface area contributed by atoms with E-state index in [0.717, 1.165) is 22.2 Å². The second kappa shape index (κ2) is 6.28. The van der Waals surface area contributed by atoms with Gasteiger partial charge in [-0.2, -0.15) is 0 Å². The smallest absolute Gasteiger partial charge is 0.336 e. The van der Waals surface area contributed by atoms with Crippen LogP contribution < -0.4 is 15.3 Å². The zero-order valence-corrected chi connectivity index (χ0v) is 15.0. The molecule has 4 rings (SSSR count). The number of hydrogen-bond acceptors (Lipinski definition) is 4. The lowest BCUT2D eigenvalue weighted by Crippen LogP contribution is -2.32. The maximum Gasteiger partial charge on any atom is 0.336 e. The third-order valence-corrected chi connectivity index (χ3v) is 5.01. The van der Waals surface area contributed by atoms with Crippen LogP contribution in [0.5, 0.6) is 5.75 Å². The van der Waals surface area contributed by atoms with Gasteiger partial charge in [-0.25, -0.2) is 4.79 Å². The maximum absolute atomic E-state index is 12.0. The lowest BCUT2D eigenvalue weighted by molar-refractivity contribution is 0.289. The number of aryl methyl sites for hydroxylation is 1. The minimum absolute atomic E-state index is 0.319. The van der Waals surface area contributed by atoms with Crippen LogP contribution in [0.15, 0.2) is 45.6 Å². The summed E-state index contributed by atoms with van der Waals surface area (Å²) in [6.07, 6.45) is 0.715. The largest absolute Gasteiger partial charge is 0.471 e. The number of nitrogens with zero attached hydrogens (tertiary/aromatic N) is 1. The van der Waals surface area contributed by atoms with E-state index in [1.165, 1.54) is 6.07 Å². The molecule has 1 aliphatic heterocycles. The van der Waals surface area contributed by atoms with E-state index >= 15 is 0 Å². The van der Waals surface area contributed by atoms with Crippen molar-refractivity contribution in [2.24, 2.45) is 0 Å². The van der Waals surface area contributed by atoms with E-state index < -0.39 is 0 Å². The quantitative estimate of drug-likeness (QED) is 0.589. The van der Waals surface area contributed by atoms with Crippen molar-refractivity contribution in [3.63, 3.8) is 0 Å². The van der Waals surface area contributed by atoms with Gasteiger partial charge in [0.1, 0.15) is 11.3 Å². The summed E-state index contributed by atoms with van der Waals surface area (Å²) in [5.41, 5.74) is 2.69. The van der Waals surface area contributed by atoms with E-state index in [2.05, 4.69) is 0 Å². The molecule has 0 saturated heterocycles. The molecule has 0 atom stereocenters. The molecule has 0 spiro atoms. The summed E-state index contributed by atoms with van der Waals surface area (Å²) in [6, 6.07) is 10.9. The number of anilines is 1. The Morgan fingerprint density at radius 3 is 2.72 bits per heavy atom. The molecule has 4 nitrogen and oxygen atoms in total. The zero-order valence-electron chi connectivity index (χ0n) is 13.5. The fourth-order valence-corrected chi connectivity index (χ4v) is 3.74. The van der Waals surface area contributed by atoms with Crippen molar-refractivity contribution in [2.75, 3.05) is 11.6 Å². The van der Waals surface area contributed by atoms with Crippen LogP contribution >= 0.6 is 23.2 Å². The van der Waals surface area contributed by atoms with Gasteiger partial charge in [-0.05, 0) is 30.2 Å². The van der Waals surface area contributed by atoms with E-state index in [0.29, 0.717) is 41.1 Å². The van der Waals surface area contributed by atoms with Crippen LogP contribution in [0, 0.1) is 0 Å². The third kappa shape index (κ3) is 2.75. The van der Waals surface area contributed by atoms with Gasteiger partial charge < -0.3 is 14.1 Å². The summed E-state index contributed by atoms with van der Waals surface area (Å²) in [4.78, 5) is 13.9. The molecule has 3 aromatic rings. The highest BCUT2D eigenvalue weighted by Gasteiger charge is 2.26. The molecule has 0 amide bonds. The third-order valence-electron chi connectivity index (χ3n) is 4.41. The molecule has 2 heterocycles. The van der Waals surface area contributed by atoms with Gasteiger partial charge in [0.05, 0.1) is 27.8 Å². The lowest BCUT2D eigenvalue weighted by atomic mass is 10.0. The van der Waals surface area contributed by atoms with Crippen molar-refractivity contribution in [1.29, 1.82) is 0 Å². The van der Waals surface area contributed by atoms with E-state index in [1.54, 1.807) is 0 Å². The first-order valence-corrected chi connectivity index (χ1v) is 8.74. The van der Waals surface area contributed by atoms with Crippen LogP contribution in [0.1, 0.15) is 18.1 Å². The van der Waals surface area contributed by atoms with E-state index in [-0.39, 0.29) is 5.63 Å². The highest BCUT2D eigenvalue weighted by Crippen LogP contribution is 2.41. The first-order chi connectivity index (χ1) is 12.1. The molecule has 2 aromatic carbocycles. The zero-order chi connectivity index (χ0) is 17.6. The van der Waals surface area contributed by atoms with Gasteiger partial charge in [-0.15, -0.1) is 0 Å². The molecule has 1 aromatic heterocycles. The SMILES string of the molecule is CCc1cc(=O)oc2c3c(c(Cl)cc12)OCN(c1ccccc1Cl)C3. The second-order valence-electron chi connectivity index (χ2n) is 5.91. The molecular formula is C19H15Cl2NO3. The van der Waals surface area contributed by atoms with Gasteiger partial charge in [0.25, 0.3) is 0 Å². The first kappa shape index (κ1) is 16.3. The molecule has 6 heteroatoms. The Labute approximate surface area is 154 Å². The first-order valence-electron chi connectivity index (χ1n) is 7.99. The fraction of sp³-hybridized carbons (Fsp3) is 0.211. The van der Waals surface area contributed by atoms with E-state index in [4.69, 9.17) is 32.4 Å². The lowest BCUT2D eigenvalue weighted by Gasteiger charge is -2.32. The molecule has 25 heavy (non-hydrogen) atoms. The van der Waals surface area contributed by atoms with E-state index in [1.807, 2.05) is 42.2 Å². The molecule has 0 bridgehead atoms. The number of ether oxygens (including phenoxy) is 1. The van der Waals surface area contributed by atoms with Gasteiger partial charge in [-0.1, -0.05) is 42.3 Å². The van der Waals surface area contributed by atoms with Crippen LogP contribution in [0.2, 0.25) is 10.0 Å². The molecular weight excluding hydrogens is 361 g/mol. The van der Waals surface area contributed by atoms with Crippen molar-refractivity contribution < 1.29 is 9.15 Å². The van der Waals surface area contributed by atoms with Gasteiger partial charge in [0.15, 0.2) is 6.73 Å². The van der Waals surface area contributed by atoms with Crippen molar-refractivity contribution in [3.8, 4) is 5.75 Å². The highest BCUT2D eigenvalue weighted by atomic mass is 35.5. The normalized spacial score (nSPS) is 13.6. The van der Waals surface area contributed by atoms with Gasteiger partial charge in [0, 0.05) is 11.5 Å². The summed E-state index contributed by atoms with van der Waals surface area (Å²) < 4.78 is 11.4. The van der Waals surface area contributed by atoms with Crippen molar-refractivity contribution in [3.05, 3.63) is 68.0 Å². The minimum Gasteiger partial charge on any atom is -0.471 e. The Morgan fingerprint density at radius 2 is 1.96 bits per heavy atom. The maximum atomic E-state index is 12.0. The summed E-state index contributed by atoms with van der Waals surface area (Å²) in [7, 11) is 0. The number of rotatable bonds is 2. The van der Waals surface area contributed by atoms with Crippen LogP contribution in [0.25, 0.3) is 11.0 Å². The Morgan fingerprint density at radius 1 is 1.16 bits per heavy atom. The molecule has 0 saturated carbocycles. The van der Waals surface area contributed by atoms with Crippen LogP contribution in [0.4, 0.5) is 5.69 Å². The molecule has 1 aliphatic rings. The predicted octanol–water partition coefficient (Wildman–Crippen LogP) is 5.02. The molecule has 0 fully saturated rings. The Balaban J connectivity index is 1.91. The van der Waals surface area contributed by atoms with Crippen LogP contribution in [-0.2, 0) is 13.0 Å². The standard InChI is InChI=1S/C19H15Cl2NO3/c1-2-11-7-17(23)25-18-12(11)8-15(21)19-13(18)9-22(10-24-19)16-6-4-3-5-14(16)20/h3-8H,2,9-10H2,1H3. The number of halogens is 2. The summed E-state index contributed by atoms with van der Waals surface area (Å²) in [5.74, 6) is 0.564. The highest BCUT2D eigenvalue weighted by molar-refractivity contribution is 6.33. The summed E-state index contributed by atoms with van der Waals surface area (Å²) in [6.45, 7) is 2.81. The topological polar surface area (TPSA) is 42.7 Å². The van der Waals surface area contributed by atoms with Gasteiger partial charge in [-0.3, -0.25) is 0 Å². The predicted molar refractivity (Wildman–Crippen MR) is 100 cm³/mol. The van der Waals surface area contributed by atoms with Crippen molar-refractivity contribution in [1.82, 2.24) is 0 Å².